The first-order valence-electron chi connectivity index (χ1n) is 7.57. The molecule has 0 radical (unpaired) electrons. The molecule has 2 aromatic rings. The molecule has 0 aliphatic rings. The lowest BCUT2D eigenvalue weighted by Crippen LogP contribution is -2.36. The predicted octanol–water partition coefficient (Wildman–Crippen LogP) is 4.35. The summed E-state index contributed by atoms with van der Waals surface area (Å²) in [5.74, 6) is 0.538. The summed E-state index contributed by atoms with van der Waals surface area (Å²) in [6, 6.07) is 8.38. The van der Waals surface area contributed by atoms with Crippen LogP contribution in [0.25, 0.3) is 0 Å². The van der Waals surface area contributed by atoms with Gasteiger partial charge in [0.2, 0.25) is 5.88 Å². The third kappa shape index (κ3) is 5.01. The standard InChI is InChI=1S/C17H19Cl2N3O2/c1-3-24-15-9-12(7-8-20-15)10-21-17(23)22-11(2)13-5-4-6-14(18)16(13)19/h4-9,11H,3,10H2,1-2H3,(H2,21,22,23). The van der Waals surface area contributed by atoms with E-state index in [1.54, 1.807) is 24.4 Å². The summed E-state index contributed by atoms with van der Waals surface area (Å²) in [4.78, 5) is 16.1. The second-order valence-corrected chi connectivity index (χ2v) is 5.91. The number of carbonyl (C=O) groups excluding carboxylic acids is 1. The third-order valence-corrected chi connectivity index (χ3v) is 4.17. The second-order valence-electron chi connectivity index (χ2n) is 5.13. The molecule has 5 nitrogen and oxygen atoms in total. The quantitative estimate of drug-likeness (QED) is 0.797. The minimum Gasteiger partial charge on any atom is -0.478 e. The zero-order valence-electron chi connectivity index (χ0n) is 13.5. The van der Waals surface area contributed by atoms with Crippen LogP contribution in [0, 0.1) is 0 Å². The molecule has 0 bridgehead atoms. The molecule has 1 aromatic carbocycles. The average molecular weight is 368 g/mol. The van der Waals surface area contributed by atoms with E-state index in [-0.39, 0.29) is 12.1 Å². The zero-order chi connectivity index (χ0) is 17.5. The summed E-state index contributed by atoms with van der Waals surface area (Å²) in [7, 11) is 0. The van der Waals surface area contributed by atoms with Gasteiger partial charge in [0.05, 0.1) is 22.7 Å². The lowest BCUT2D eigenvalue weighted by atomic mass is 10.1. The SMILES string of the molecule is CCOc1cc(CNC(=O)NC(C)c2cccc(Cl)c2Cl)ccn1. The Bertz CT molecular complexity index is 710. The molecule has 1 unspecified atom stereocenters. The van der Waals surface area contributed by atoms with Gasteiger partial charge in [0.1, 0.15) is 0 Å². The molecule has 128 valence electrons. The second kappa shape index (κ2) is 8.76. The smallest absolute Gasteiger partial charge is 0.315 e. The van der Waals surface area contributed by atoms with E-state index in [4.69, 9.17) is 27.9 Å². The van der Waals surface area contributed by atoms with Crippen LogP contribution in [0.1, 0.15) is 31.0 Å². The van der Waals surface area contributed by atoms with Crippen molar-refractivity contribution in [2.75, 3.05) is 6.61 Å². The molecule has 7 heteroatoms. The van der Waals surface area contributed by atoms with Crippen molar-refractivity contribution in [3.63, 3.8) is 0 Å². The predicted molar refractivity (Wildman–Crippen MR) is 95.7 cm³/mol. The van der Waals surface area contributed by atoms with E-state index in [0.717, 1.165) is 11.1 Å². The highest BCUT2D eigenvalue weighted by Crippen LogP contribution is 2.29. The highest BCUT2D eigenvalue weighted by molar-refractivity contribution is 6.42. The summed E-state index contributed by atoms with van der Waals surface area (Å²) in [5.41, 5.74) is 1.67. The lowest BCUT2D eigenvalue weighted by Gasteiger charge is -2.17. The fourth-order valence-corrected chi connectivity index (χ4v) is 2.62. The Hall–Kier alpha value is -1.98. The van der Waals surface area contributed by atoms with E-state index < -0.39 is 0 Å². The fraction of sp³-hybridized carbons (Fsp3) is 0.294. The summed E-state index contributed by atoms with van der Waals surface area (Å²) in [6.07, 6.45) is 1.65. The number of halogens is 2. The first-order chi connectivity index (χ1) is 11.5. The van der Waals surface area contributed by atoms with Gasteiger partial charge in [-0.05, 0) is 37.1 Å². The van der Waals surface area contributed by atoms with Gasteiger partial charge in [0.15, 0.2) is 0 Å². The normalized spacial score (nSPS) is 11.7. The van der Waals surface area contributed by atoms with Gasteiger partial charge >= 0.3 is 6.03 Å². The van der Waals surface area contributed by atoms with Crippen molar-refractivity contribution in [3.8, 4) is 5.88 Å². The van der Waals surface area contributed by atoms with Gasteiger partial charge in [0.25, 0.3) is 0 Å². The maximum atomic E-state index is 12.1. The highest BCUT2D eigenvalue weighted by atomic mass is 35.5. The number of aromatic nitrogens is 1. The molecule has 2 rings (SSSR count). The maximum absolute atomic E-state index is 12.1. The molecule has 2 amide bonds. The van der Waals surface area contributed by atoms with Crippen LogP contribution in [0.3, 0.4) is 0 Å². The van der Waals surface area contributed by atoms with Crippen molar-refractivity contribution in [1.82, 2.24) is 15.6 Å². The highest BCUT2D eigenvalue weighted by Gasteiger charge is 2.14. The number of ether oxygens (including phenoxy) is 1. The molecule has 24 heavy (non-hydrogen) atoms. The Morgan fingerprint density at radius 3 is 2.88 bits per heavy atom. The van der Waals surface area contributed by atoms with Crippen molar-refractivity contribution in [2.45, 2.75) is 26.4 Å². The number of hydrogen-bond donors (Lipinski definition) is 2. The van der Waals surface area contributed by atoms with Gasteiger partial charge in [-0.3, -0.25) is 0 Å². The van der Waals surface area contributed by atoms with Gasteiger partial charge < -0.3 is 15.4 Å². The topological polar surface area (TPSA) is 63.2 Å². The minimum atomic E-state index is -0.298. The van der Waals surface area contributed by atoms with E-state index in [1.807, 2.05) is 26.0 Å². The van der Waals surface area contributed by atoms with Crippen LogP contribution in [0.4, 0.5) is 4.79 Å². The molecule has 0 saturated heterocycles. The first kappa shape index (κ1) is 18.4. The number of pyridine rings is 1. The number of hydrogen-bond acceptors (Lipinski definition) is 3. The van der Waals surface area contributed by atoms with Crippen LogP contribution < -0.4 is 15.4 Å². The van der Waals surface area contributed by atoms with Crippen molar-refractivity contribution < 1.29 is 9.53 Å². The van der Waals surface area contributed by atoms with Crippen LogP contribution in [0.2, 0.25) is 10.0 Å². The van der Waals surface area contributed by atoms with Crippen LogP contribution in [0.15, 0.2) is 36.5 Å². The summed E-state index contributed by atoms with van der Waals surface area (Å²) in [6.45, 7) is 4.64. The van der Waals surface area contributed by atoms with Crippen LogP contribution in [-0.4, -0.2) is 17.6 Å². The maximum Gasteiger partial charge on any atom is 0.315 e. The van der Waals surface area contributed by atoms with Gasteiger partial charge in [-0.25, -0.2) is 9.78 Å². The summed E-state index contributed by atoms with van der Waals surface area (Å²) in [5, 5.41) is 6.54. The number of carbonyl (C=O) groups is 1. The van der Waals surface area contributed by atoms with Crippen molar-refractivity contribution in [1.29, 1.82) is 0 Å². The molecule has 0 aliphatic heterocycles. The average Bonchev–Trinajstić information content (AvgIpc) is 2.56. The molecule has 2 N–H and O–H groups in total. The molecular weight excluding hydrogens is 349 g/mol. The third-order valence-electron chi connectivity index (χ3n) is 3.34. The lowest BCUT2D eigenvalue weighted by molar-refractivity contribution is 0.237. The van der Waals surface area contributed by atoms with Crippen LogP contribution in [-0.2, 0) is 6.54 Å². The number of nitrogens with one attached hydrogen (secondary N) is 2. The van der Waals surface area contributed by atoms with Gasteiger partial charge in [0, 0.05) is 18.8 Å². The van der Waals surface area contributed by atoms with E-state index in [2.05, 4.69) is 15.6 Å². The van der Waals surface area contributed by atoms with Gasteiger partial charge in [-0.15, -0.1) is 0 Å². The van der Waals surface area contributed by atoms with Crippen molar-refractivity contribution >= 4 is 29.2 Å². The Morgan fingerprint density at radius 2 is 2.12 bits per heavy atom. The van der Waals surface area contributed by atoms with E-state index in [1.165, 1.54) is 0 Å². The van der Waals surface area contributed by atoms with Gasteiger partial charge in [-0.1, -0.05) is 35.3 Å². The Morgan fingerprint density at radius 1 is 1.33 bits per heavy atom. The van der Waals surface area contributed by atoms with Gasteiger partial charge in [-0.2, -0.15) is 0 Å². The Balaban J connectivity index is 1.91. The molecule has 1 aromatic heterocycles. The largest absolute Gasteiger partial charge is 0.478 e. The number of rotatable bonds is 6. The number of nitrogens with zero attached hydrogens (tertiary/aromatic N) is 1. The fourth-order valence-electron chi connectivity index (χ4n) is 2.15. The molecule has 0 aliphatic carbocycles. The molecule has 1 atom stereocenters. The Kier molecular flexibility index (Phi) is 6.70. The van der Waals surface area contributed by atoms with Crippen LogP contribution in [0.5, 0.6) is 5.88 Å². The summed E-state index contributed by atoms with van der Waals surface area (Å²) >= 11 is 12.2. The van der Waals surface area contributed by atoms with E-state index >= 15 is 0 Å². The summed E-state index contributed by atoms with van der Waals surface area (Å²) < 4.78 is 5.33. The molecule has 1 heterocycles. The molecule has 0 saturated carbocycles. The number of urea groups is 1. The van der Waals surface area contributed by atoms with E-state index in [0.29, 0.717) is 29.1 Å². The number of amides is 2. The Labute approximate surface area is 151 Å². The minimum absolute atomic E-state index is 0.271. The van der Waals surface area contributed by atoms with E-state index in [9.17, 15) is 4.79 Å². The molecule has 0 spiro atoms. The van der Waals surface area contributed by atoms with Crippen molar-refractivity contribution in [3.05, 3.63) is 57.7 Å². The zero-order valence-corrected chi connectivity index (χ0v) is 15.0. The van der Waals surface area contributed by atoms with Crippen LogP contribution >= 0.6 is 23.2 Å². The molecule has 0 fully saturated rings. The monoisotopic (exact) mass is 367 g/mol. The first-order valence-corrected chi connectivity index (χ1v) is 8.32. The molecular formula is C17H19Cl2N3O2. The van der Waals surface area contributed by atoms with Crippen molar-refractivity contribution in [2.24, 2.45) is 0 Å². The number of benzene rings is 1.